The molecule has 0 saturated heterocycles. The van der Waals surface area contributed by atoms with E-state index in [9.17, 15) is 4.79 Å². The number of guanidine groups is 1. The van der Waals surface area contributed by atoms with E-state index in [-0.39, 0.29) is 24.0 Å². The summed E-state index contributed by atoms with van der Waals surface area (Å²) in [5.74, 6) is 1.85. The Morgan fingerprint density at radius 3 is 2.35 bits per heavy atom. The zero-order chi connectivity index (χ0) is 22.4. The van der Waals surface area contributed by atoms with Crippen molar-refractivity contribution in [2.24, 2.45) is 4.99 Å². The predicted molar refractivity (Wildman–Crippen MR) is 134 cm³/mol. The Labute approximate surface area is 201 Å². The number of aromatic nitrogens is 1. The molecule has 172 valence electrons. The first-order chi connectivity index (χ1) is 14.0. The first-order valence-electron chi connectivity index (χ1n) is 9.95. The third-order valence-electron chi connectivity index (χ3n) is 4.06. The highest BCUT2D eigenvalue weighted by atomic mass is 127. The van der Waals surface area contributed by atoms with E-state index in [2.05, 4.69) is 25.9 Å². The van der Waals surface area contributed by atoms with Gasteiger partial charge in [-0.1, -0.05) is 29.8 Å². The van der Waals surface area contributed by atoms with E-state index in [1.165, 1.54) is 5.56 Å². The van der Waals surface area contributed by atoms with Gasteiger partial charge in [0, 0.05) is 19.2 Å². The van der Waals surface area contributed by atoms with Gasteiger partial charge in [0.05, 0.1) is 18.3 Å². The maximum atomic E-state index is 12.0. The monoisotopic (exact) mass is 543 g/mol. The number of rotatable bonds is 6. The van der Waals surface area contributed by atoms with Crippen molar-refractivity contribution in [3.05, 3.63) is 41.9 Å². The molecule has 31 heavy (non-hydrogen) atoms. The summed E-state index contributed by atoms with van der Waals surface area (Å²) in [6, 6.07) is 8.09. The van der Waals surface area contributed by atoms with E-state index in [1.54, 1.807) is 13.2 Å². The van der Waals surface area contributed by atoms with Gasteiger partial charge in [0.1, 0.15) is 5.60 Å². The molecule has 0 spiro atoms. The molecule has 0 radical (unpaired) electrons. The molecule has 0 saturated carbocycles. The van der Waals surface area contributed by atoms with Gasteiger partial charge in [-0.3, -0.25) is 4.99 Å². The number of oxazole rings is 1. The molecule has 0 fully saturated rings. The lowest BCUT2D eigenvalue weighted by molar-refractivity contribution is 0.0474. The van der Waals surface area contributed by atoms with Gasteiger partial charge in [-0.15, -0.1) is 24.0 Å². The summed E-state index contributed by atoms with van der Waals surface area (Å²) in [5.41, 5.74) is 1.09. The van der Waals surface area contributed by atoms with Gasteiger partial charge in [0.15, 0.2) is 11.7 Å². The summed E-state index contributed by atoms with van der Waals surface area (Å²) >= 11 is 0. The second-order valence-electron chi connectivity index (χ2n) is 8.77. The standard InChI is InChI=1S/C22H33N5O3.HI/c1-15-8-10-16(11-9-15)17-12-24-18(29-17)13-25-19(23-7)26-14-22(5,6)27-20(28)30-21(2,3)4;/h8-12H,13-14H2,1-7H3,(H,27,28)(H2,23,25,26);1H. The van der Waals surface area contributed by atoms with Gasteiger partial charge in [0.2, 0.25) is 5.89 Å². The Balaban J connectivity index is 0.00000480. The average molecular weight is 543 g/mol. The van der Waals surface area contributed by atoms with E-state index < -0.39 is 17.2 Å². The molecule has 2 aromatic rings. The molecule has 1 aromatic carbocycles. The number of hydrogen-bond donors (Lipinski definition) is 3. The van der Waals surface area contributed by atoms with Crippen LogP contribution in [-0.2, 0) is 11.3 Å². The van der Waals surface area contributed by atoms with Gasteiger partial charge >= 0.3 is 6.09 Å². The van der Waals surface area contributed by atoms with Gasteiger partial charge in [-0.05, 0) is 41.5 Å². The zero-order valence-corrected chi connectivity index (χ0v) is 21.7. The number of alkyl carbamates (subject to hydrolysis) is 1. The second-order valence-corrected chi connectivity index (χ2v) is 8.77. The van der Waals surface area contributed by atoms with E-state index in [0.29, 0.717) is 24.9 Å². The Bertz CT molecular complexity index is 870. The number of halogens is 1. The maximum absolute atomic E-state index is 12.0. The lowest BCUT2D eigenvalue weighted by Crippen LogP contribution is -2.54. The first kappa shape index (κ1) is 26.7. The van der Waals surface area contributed by atoms with Crippen LogP contribution in [0.2, 0.25) is 0 Å². The summed E-state index contributed by atoms with van der Waals surface area (Å²) in [5, 5.41) is 9.21. The number of amides is 1. The summed E-state index contributed by atoms with van der Waals surface area (Å²) < 4.78 is 11.1. The molecule has 0 aliphatic heterocycles. The van der Waals surface area contributed by atoms with Gasteiger partial charge in [-0.2, -0.15) is 0 Å². The number of carbonyl (C=O) groups excluding carboxylic acids is 1. The van der Waals surface area contributed by atoms with E-state index in [0.717, 1.165) is 11.3 Å². The number of aryl methyl sites for hydroxylation is 1. The largest absolute Gasteiger partial charge is 0.444 e. The highest BCUT2D eigenvalue weighted by molar-refractivity contribution is 14.0. The number of hydrogen-bond acceptors (Lipinski definition) is 5. The summed E-state index contributed by atoms with van der Waals surface area (Å²) in [6.07, 6.45) is 1.26. The molecule has 2 rings (SSSR count). The van der Waals surface area contributed by atoms with Crippen molar-refractivity contribution in [3.8, 4) is 11.3 Å². The number of nitrogens with zero attached hydrogens (tertiary/aromatic N) is 2. The molecule has 1 heterocycles. The van der Waals surface area contributed by atoms with Gasteiger partial charge in [0.25, 0.3) is 0 Å². The first-order valence-corrected chi connectivity index (χ1v) is 9.95. The SMILES string of the molecule is CN=C(NCc1ncc(-c2ccc(C)cc2)o1)NCC(C)(C)NC(=O)OC(C)(C)C.I. The molecule has 1 amide bonds. The van der Waals surface area contributed by atoms with Crippen molar-refractivity contribution in [2.75, 3.05) is 13.6 Å². The van der Waals surface area contributed by atoms with Crippen LogP contribution < -0.4 is 16.0 Å². The zero-order valence-electron chi connectivity index (χ0n) is 19.3. The number of benzene rings is 1. The summed E-state index contributed by atoms with van der Waals surface area (Å²) in [7, 11) is 1.68. The highest BCUT2D eigenvalue weighted by Gasteiger charge is 2.24. The predicted octanol–water partition coefficient (Wildman–Crippen LogP) is 4.24. The average Bonchev–Trinajstić information content (AvgIpc) is 3.09. The molecule has 3 N–H and O–H groups in total. The van der Waals surface area contributed by atoms with Crippen molar-refractivity contribution in [2.45, 2.75) is 59.2 Å². The van der Waals surface area contributed by atoms with Crippen LogP contribution in [-0.4, -0.2) is 41.8 Å². The van der Waals surface area contributed by atoms with E-state index >= 15 is 0 Å². The molecule has 0 unspecified atom stereocenters. The minimum atomic E-state index is -0.543. The van der Waals surface area contributed by atoms with Crippen LogP contribution >= 0.6 is 24.0 Å². The minimum absolute atomic E-state index is 0. The van der Waals surface area contributed by atoms with Gasteiger partial charge < -0.3 is 25.1 Å². The van der Waals surface area contributed by atoms with Crippen molar-refractivity contribution in [1.82, 2.24) is 20.9 Å². The third kappa shape index (κ3) is 9.58. The smallest absolute Gasteiger partial charge is 0.408 e. The van der Waals surface area contributed by atoms with Crippen LogP contribution in [0.4, 0.5) is 4.79 Å². The lowest BCUT2D eigenvalue weighted by Gasteiger charge is -2.29. The summed E-state index contributed by atoms with van der Waals surface area (Å²) in [6.45, 7) is 12.2. The topological polar surface area (TPSA) is 101 Å². The molecule has 0 aliphatic carbocycles. The Morgan fingerprint density at radius 2 is 1.77 bits per heavy atom. The molecule has 0 aliphatic rings. The lowest BCUT2D eigenvalue weighted by atomic mass is 10.1. The third-order valence-corrected chi connectivity index (χ3v) is 4.06. The van der Waals surface area contributed by atoms with Crippen LogP contribution in [0, 0.1) is 6.92 Å². The number of carbonyl (C=O) groups is 1. The molecule has 8 nitrogen and oxygen atoms in total. The fourth-order valence-corrected chi connectivity index (χ4v) is 2.55. The Hall–Kier alpha value is -2.30. The molecular formula is C22H34IN5O3. The normalized spacial score (nSPS) is 12.0. The number of nitrogens with one attached hydrogen (secondary N) is 3. The van der Waals surface area contributed by atoms with Gasteiger partial charge in [-0.25, -0.2) is 9.78 Å². The minimum Gasteiger partial charge on any atom is -0.444 e. The molecule has 1 aromatic heterocycles. The highest BCUT2D eigenvalue weighted by Crippen LogP contribution is 2.20. The second kappa shape index (κ2) is 11.4. The van der Waals surface area contributed by atoms with Crippen LogP contribution in [0.5, 0.6) is 0 Å². The quantitative estimate of drug-likeness (QED) is 0.287. The van der Waals surface area contributed by atoms with Crippen LogP contribution in [0.15, 0.2) is 39.9 Å². The number of ether oxygens (including phenoxy) is 1. The maximum Gasteiger partial charge on any atom is 0.408 e. The van der Waals surface area contributed by atoms with Crippen LogP contribution in [0.3, 0.4) is 0 Å². The van der Waals surface area contributed by atoms with E-state index in [1.807, 2.05) is 65.8 Å². The fraction of sp³-hybridized carbons (Fsp3) is 0.500. The number of aliphatic imine (C=N–C) groups is 1. The molecular weight excluding hydrogens is 509 g/mol. The van der Waals surface area contributed by atoms with Crippen molar-refractivity contribution in [3.63, 3.8) is 0 Å². The van der Waals surface area contributed by atoms with Crippen LogP contribution in [0.25, 0.3) is 11.3 Å². The van der Waals surface area contributed by atoms with Crippen LogP contribution in [0.1, 0.15) is 46.1 Å². The van der Waals surface area contributed by atoms with Crippen molar-refractivity contribution in [1.29, 1.82) is 0 Å². The van der Waals surface area contributed by atoms with E-state index in [4.69, 9.17) is 9.15 Å². The summed E-state index contributed by atoms with van der Waals surface area (Å²) in [4.78, 5) is 20.5. The molecule has 9 heteroatoms. The fourth-order valence-electron chi connectivity index (χ4n) is 2.55. The van der Waals surface area contributed by atoms with Crippen molar-refractivity contribution >= 4 is 36.0 Å². The van der Waals surface area contributed by atoms with Crippen molar-refractivity contribution < 1.29 is 13.9 Å². The molecule has 0 bridgehead atoms. The molecule has 0 atom stereocenters. The Morgan fingerprint density at radius 1 is 1.13 bits per heavy atom. The Kier molecular flexibility index (Phi) is 9.79.